The monoisotopic (exact) mass is 456 g/mol. The van der Waals surface area contributed by atoms with Crippen LogP contribution in [0, 0.1) is 0 Å². The SMILES string of the molecule is CCOc1ccc(/C(O)=C2/C(=O)C(=O)N(Cc3ccccn3)C2c2ccccc2)cc1C(C)C. The summed E-state index contributed by atoms with van der Waals surface area (Å²) in [5.41, 5.74) is 2.88. The third kappa shape index (κ3) is 4.44. The molecule has 0 saturated carbocycles. The lowest BCUT2D eigenvalue weighted by Crippen LogP contribution is -2.29. The molecule has 2 aromatic carbocycles. The number of aromatic nitrogens is 1. The second-order valence-corrected chi connectivity index (χ2v) is 8.50. The van der Waals surface area contributed by atoms with E-state index < -0.39 is 17.7 Å². The number of ketones is 1. The van der Waals surface area contributed by atoms with E-state index in [0.717, 1.165) is 16.9 Å². The van der Waals surface area contributed by atoms with Gasteiger partial charge in [-0.3, -0.25) is 14.6 Å². The van der Waals surface area contributed by atoms with E-state index in [1.807, 2.05) is 69.3 Å². The third-order valence-electron chi connectivity index (χ3n) is 5.92. The van der Waals surface area contributed by atoms with Crippen molar-refractivity contribution in [1.82, 2.24) is 9.88 Å². The summed E-state index contributed by atoms with van der Waals surface area (Å²) in [6.45, 7) is 6.68. The van der Waals surface area contributed by atoms with Crippen LogP contribution in [-0.2, 0) is 16.1 Å². The van der Waals surface area contributed by atoms with Crippen molar-refractivity contribution in [3.8, 4) is 5.75 Å². The fraction of sp³-hybridized carbons (Fsp3) is 0.250. The quantitative estimate of drug-likeness (QED) is 0.299. The molecule has 4 rings (SSSR count). The zero-order chi connectivity index (χ0) is 24.2. The molecule has 1 atom stereocenters. The lowest BCUT2D eigenvalue weighted by molar-refractivity contribution is -0.140. The summed E-state index contributed by atoms with van der Waals surface area (Å²) >= 11 is 0. The first-order valence-corrected chi connectivity index (χ1v) is 11.4. The third-order valence-corrected chi connectivity index (χ3v) is 5.92. The average molecular weight is 457 g/mol. The van der Waals surface area contributed by atoms with Crippen LogP contribution in [0.1, 0.15) is 55.1 Å². The van der Waals surface area contributed by atoms with E-state index in [2.05, 4.69) is 4.98 Å². The van der Waals surface area contributed by atoms with Crippen LogP contribution in [-0.4, -0.2) is 33.3 Å². The minimum atomic E-state index is -0.725. The number of benzene rings is 2. The smallest absolute Gasteiger partial charge is 0.296 e. The fourth-order valence-corrected chi connectivity index (χ4v) is 4.28. The number of ether oxygens (including phenoxy) is 1. The Kier molecular flexibility index (Phi) is 6.77. The Balaban J connectivity index is 1.85. The molecule has 0 radical (unpaired) electrons. The number of pyridine rings is 1. The number of nitrogens with zero attached hydrogens (tertiary/aromatic N) is 2. The summed E-state index contributed by atoms with van der Waals surface area (Å²) in [6.07, 6.45) is 1.65. The topological polar surface area (TPSA) is 79.7 Å². The maximum absolute atomic E-state index is 13.2. The van der Waals surface area contributed by atoms with Gasteiger partial charge < -0.3 is 14.7 Å². The Morgan fingerprint density at radius 1 is 1.06 bits per heavy atom. The molecule has 1 aromatic heterocycles. The van der Waals surface area contributed by atoms with Gasteiger partial charge in [0.05, 0.1) is 30.5 Å². The number of rotatable bonds is 7. The van der Waals surface area contributed by atoms with Crippen LogP contribution < -0.4 is 4.74 Å². The van der Waals surface area contributed by atoms with Crippen molar-refractivity contribution < 1.29 is 19.4 Å². The maximum atomic E-state index is 13.2. The highest BCUT2D eigenvalue weighted by Gasteiger charge is 2.46. The minimum absolute atomic E-state index is 0.0750. The summed E-state index contributed by atoms with van der Waals surface area (Å²) in [6, 6.07) is 19.4. The first-order valence-electron chi connectivity index (χ1n) is 11.4. The molecule has 1 saturated heterocycles. The maximum Gasteiger partial charge on any atom is 0.296 e. The second-order valence-electron chi connectivity index (χ2n) is 8.50. The van der Waals surface area contributed by atoms with E-state index >= 15 is 0 Å². The van der Waals surface area contributed by atoms with Gasteiger partial charge in [-0.1, -0.05) is 50.2 Å². The molecule has 1 aliphatic rings. The number of carbonyl (C=O) groups is 2. The van der Waals surface area contributed by atoms with Gasteiger partial charge in [-0.2, -0.15) is 0 Å². The van der Waals surface area contributed by atoms with Crippen LogP contribution in [0.5, 0.6) is 5.75 Å². The van der Waals surface area contributed by atoms with E-state index in [-0.39, 0.29) is 23.8 Å². The van der Waals surface area contributed by atoms with Gasteiger partial charge in [0.2, 0.25) is 0 Å². The van der Waals surface area contributed by atoms with Gasteiger partial charge in [-0.05, 0) is 54.3 Å². The summed E-state index contributed by atoms with van der Waals surface area (Å²) in [7, 11) is 0. The molecule has 6 nitrogen and oxygen atoms in total. The summed E-state index contributed by atoms with van der Waals surface area (Å²) < 4.78 is 5.74. The van der Waals surface area contributed by atoms with Crippen molar-refractivity contribution in [3.63, 3.8) is 0 Å². The zero-order valence-electron chi connectivity index (χ0n) is 19.6. The molecule has 2 heterocycles. The van der Waals surface area contributed by atoms with Crippen LogP contribution in [0.25, 0.3) is 5.76 Å². The predicted octanol–water partition coefficient (Wildman–Crippen LogP) is 5.23. The lowest BCUT2D eigenvalue weighted by Gasteiger charge is -2.25. The largest absolute Gasteiger partial charge is 0.507 e. The van der Waals surface area contributed by atoms with E-state index in [4.69, 9.17) is 4.74 Å². The van der Waals surface area contributed by atoms with Crippen LogP contribution in [0.2, 0.25) is 0 Å². The van der Waals surface area contributed by atoms with Crippen LogP contribution >= 0.6 is 0 Å². The molecule has 1 unspecified atom stereocenters. The molecule has 3 aromatic rings. The van der Waals surface area contributed by atoms with Crippen molar-refractivity contribution in [2.24, 2.45) is 0 Å². The number of likely N-dealkylation sites (tertiary alicyclic amines) is 1. The fourth-order valence-electron chi connectivity index (χ4n) is 4.28. The van der Waals surface area contributed by atoms with Crippen molar-refractivity contribution in [1.29, 1.82) is 0 Å². The number of Topliss-reactive ketones (excluding diaryl/α,β-unsaturated/α-hetero) is 1. The summed E-state index contributed by atoms with van der Waals surface area (Å²) in [5, 5.41) is 11.4. The number of carbonyl (C=O) groups excluding carboxylic acids is 2. The van der Waals surface area contributed by atoms with Crippen molar-refractivity contribution in [3.05, 3.63) is 101 Å². The zero-order valence-corrected chi connectivity index (χ0v) is 19.6. The van der Waals surface area contributed by atoms with Crippen molar-refractivity contribution >= 4 is 17.4 Å². The second kappa shape index (κ2) is 9.91. The minimum Gasteiger partial charge on any atom is -0.507 e. The Bertz CT molecular complexity index is 1220. The van der Waals surface area contributed by atoms with Gasteiger partial charge in [-0.15, -0.1) is 0 Å². The predicted molar refractivity (Wildman–Crippen MR) is 130 cm³/mol. The number of hydrogen-bond donors (Lipinski definition) is 1. The standard InChI is InChI=1S/C28H28N2O4/c1-4-34-23-14-13-20(16-22(23)18(2)3)26(31)24-25(19-10-6-5-7-11-19)30(28(33)27(24)32)17-21-12-8-9-15-29-21/h5-16,18,25,31H,4,17H2,1-3H3/b26-24-. The van der Waals surface area contributed by atoms with Crippen LogP contribution in [0.3, 0.4) is 0 Å². The first kappa shape index (κ1) is 23.2. The molecule has 0 spiro atoms. The lowest BCUT2D eigenvalue weighted by atomic mass is 9.93. The molecule has 1 N–H and O–H groups in total. The van der Waals surface area contributed by atoms with Gasteiger partial charge in [0.1, 0.15) is 11.5 Å². The number of amides is 1. The Morgan fingerprint density at radius 2 is 1.79 bits per heavy atom. The molecular weight excluding hydrogens is 428 g/mol. The molecule has 0 bridgehead atoms. The van der Waals surface area contributed by atoms with Gasteiger partial charge in [0.15, 0.2) is 0 Å². The summed E-state index contributed by atoms with van der Waals surface area (Å²) in [4.78, 5) is 32.2. The van der Waals surface area contributed by atoms with Gasteiger partial charge in [-0.25, -0.2) is 0 Å². The number of hydrogen-bond acceptors (Lipinski definition) is 5. The van der Waals surface area contributed by atoms with Gasteiger partial charge in [0.25, 0.3) is 11.7 Å². The molecule has 1 aliphatic heterocycles. The average Bonchev–Trinajstić information content (AvgIpc) is 3.10. The normalized spacial score (nSPS) is 17.4. The van der Waals surface area contributed by atoms with Crippen molar-refractivity contribution in [2.75, 3.05) is 6.61 Å². The molecule has 0 aliphatic carbocycles. The van der Waals surface area contributed by atoms with E-state index in [9.17, 15) is 14.7 Å². The highest BCUT2D eigenvalue weighted by atomic mass is 16.5. The molecule has 1 fully saturated rings. The number of aliphatic hydroxyl groups excluding tert-OH is 1. The highest BCUT2D eigenvalue weighted by Crippen LogP contribution is 2.41. The Labute approximate surface area is 199 Å². The molecule has 34 heavy (non-hydrogen) atoms. The highest BCUT2D eigenvalue weighted by molar-refractivity contribution is 6.46. The van der Waals surface area contributed by atoms with E-state index in [1.165, 1.54) is 4.90 Å². The molecule has 174 valence electrons. The van der Waals surface area contributed by atoms with Gasteiger partial charge >= 0.3 is 0 Å². The molecular formula is C28H28N2O4. The Morgan fingerprint density at radius 3 is 2.44 bits per heavy atom. The molecule has 1 amide bonds. The Hall–Kier alpha value is -3.93. The summed E-state index contributed by atoms with van der Waals surface area (Å²) in [5.74, 6) is -0.672. The first-order chi connectivity index (χ1) is 16.4. The van der Waals surface area contributed by atoms with Crippen LogP contribution in [0.15, 0.2) is 78.5 Å². The van der Waals surface area contributed by atoms with Gasteiger partial charge in [0, 0.05) is 11.8 Å². The van der Waals surface area contributed by atoms with E-state index in [1.54, 1.807) is 24.4 Å². The van der Waals surface area contributed by atoms with Crippen LogP contribution in [0.4, 0.5) is 0 Å². The van der Waals surface area contributed by atoms with Crippen molar-refractivity contribution in [2.45, 2.75) is 39.3 Å². The molecule has 6 heteroatoms. The van der Waals surface area contributed by atoms with E-state index in [0.29, 0.717) is 17.9 Å². The number of aliphatic hydroxyl groups is 1.